The Kier molecular flexibility index (Phi) is 6.03. The molecule has 1 aliphatic rings. The second-order valence-electron chi connectivity index (χ2n) is 5.11. The van der Waals surface area contributed by atoms with Gasteiger partial charge in [-0.05, 0) is 43.8 Å². The maximum absolute atomic E-state index is 12.0. The smallest absolute Gasteiger partial charge is 0.286 e. The number of amides is 2. The summed E-state index contributed by atoms with van der Waals surface area (Å²) in [6, 6.07) is 5.88. The first-order chi connectivity index (χ1) is 11.5. The fourth-order valence-corrected chi connectivity index (χ4v) is 3.21. The van der Waals surface area contributed by atoms with E-state index in [9.17, 15) is 9.59 Å². The molecule has 0 unspecified atom stereocenters. The molecule has 1 N–H and O–H groups in total. The topological polar surface area (TPSA) is 71.0 Å². The van der Waals surface area contributed by atoms with Crippen molar-refractivity contribution < 1.29 is 14.3 Å². The standard InChI is InChI=1S/C17H21N3O3S/c1-5-20(6-2)13-8-7-12(14(10-13)23-4)9-15-16(22)19-17(24-15)18-11(3)21/h7-10H,5-6H2,1-4H3,(H,18,19,21,22)/b15-9+. The Hall–Kier alpha value is -2.28. The average molecular weight is 347 g/mol. The van der Waals surface area contributed by atoms with Gasteiger partial charge in [0.2, 0.25) is 5.91 Å². The lowest BCUT2D eigenvalue weighted by atomic mass is 10.1. The number of thioether (sulfide) groups is 1. The lowest BCUT2D eigenvalue weighted by molar-refractivity contribution is -0.117. The van der Waals surface area contributed by atoms with Crippen LogP contribution in [0.4, 0.5) is 5.69 Å². The highest BCUT2D eigenvalue weighted by atomic mass is 32.2. The summed E-state index contributed by atoms with van der Waals surface area (Å²) in [5, 5.41) is 2.83. The summed E-state index contributed by atoms with van der Waals surface area (Å²) >= 11 is 1.14. The van der Waals surface area contributed by atoms with Crippen molar-refractivity contribution >= 4 is 40.5 Å². The lowest BCUT2D eigenvalue weighted by Crippen LogP contribution is -2.23. The molecule has 7 heteroatoms. The number of carbonyl (C=O) groups is 2. The van der Waals surface area contributed by atoms with Crippen molar-refractivity contribution in [2.75, 3.05) is 25.1 Å². The monoisotopic (exact) mass is 347 g/mol. The Labute approximate surface area is 146 Å². The first kappa shape index (κ1) is 18.1. The van der Waals surface area contributed by atoms with E-state index in [2.05, 4.69) is 29.1 Å². The highest BCUT2D eigenvalue weighted by molar-refractivity contribution is 8.18. The number of ether oxygens (including phenoxy) is 1. The minimum atomic E-state index is -0.362. The third-order valence-corrected chi connectivity index (χ3v) is 4.43. The van der Waals surface area contributed by atoms with Gasteiger partial charge in [0.05, 0.1) is 12.0 Å². The van der Waals surface area contributed by atoms with E-state index in [0.717, 1.165) is 36.1 Å². The highest BCUT2D eigenvalue weighted by Gasteiger charge is 2.23. The summed E-state index contributed by atoms with van der Waals surface area (Å²) in [7, 11) is 1.60. The van der Waals surface area contributed by atoms with Gasteiger partial charge in [-0.2, -0.15) is 4.99 Å². The van der Waals surface area contributed by atoms with Gasteiger partial charge >= 0.3 is 0 Å². The van der Waals surface area contributed by atoms with Gasteiger partial charge in [-0.3, -0.25) is 9.59 Å². The van der Waals surface area contributed by atoms with Gasteiger partial charge in [0.1, 0.15) is 5.75 Å². The van der Waals surface area contributed by atoms with E-state index >= 15 is 0 Å². The number of amidine groups is 1. The summed E-state index contributed by atoms with van der Waals surface area (Å²) in [5.74, 6) is 0.0726. The number of rotatable bonds is 5. The predicted octanol–water partition coefficient (Wildman–Crippen LogP) is 2.65. The normalized spacial score (nSPS) is 15.4. The van der Waals surface area contributed by atoms with Gasteiger partial charge in [-0.1, -0.05) is 0 Å². The van der Waals surface area contributed by atoms with Crippen LogP contribution in [0.2, 0.25) is 0 Å². The number of benzene rings is 1. The number of aliphatic imine (C=N–C) groups is 1. The van der Waals surface area contributed by atoms with Crippen LogP contribution in [-0.4, -0.2) is 37.2 Å². The average Bonchev–Trinajstić information content (AvgIpc) is 2.88. The van der Waals surface area contributed by atoms with E-state index in [1.54, 1.807) is 13.2 Å². The minimum Gasteiger partial charge on any atom is -0.496 e. The number of hydrogen-bond acceptors (Lipinski definition) is 5. The van der Waals surface area contributed by atoms with Crippen LogP contribution in [-0.2, 0) is 9.59 Å². The van der Waals surface area contributed by atoms with Crippen molar-refractivity contribution in [3.8, 4) is 5.75 Å². The number of hydrogen-bond donors (Lipinski definition) is 1. The molecular formula is C17H21N3O3S. The van der Waals surface area contributed by atoms with E-state index in [-0.39, 0.29) is 11.8 Å². The Morgan fingerprint density at radius 2 is 2.08 bits per heavy atom. The third kappa shape index (κ3) is 4.17. The Balaban J connectivity index is 2.27. The number of nitrogens with one attached hydrogen (secondary N) is 1. The molecule has 2 rings (SSSR count). The molecule has 0 saturated heterocycles. The molecule has 0 aliphatic carbocycles. The second-order valence-corrected chi connectivity index (χ2v) is 6.14. The molecule has 1 aromatic carbocycles. The van der Waals surface area contributed by atoms with Crippen molar-refractivity contribution in [2.24, 2.45) is 4.99 Å². The fraction of sp³-hybridized carbons (Fsp3) is 0.353. The summed E-state index contributed by atoms with van der Waals surface area (Å²) < 4.78 is 5.46. The molecule has 0 fully saturated rings. The summed E-state index contributed by atoms with van der Waals surface area (Å²) in [6.45, 7) is 7.39. The van der Waals surface area contributed by atoms with Crippen LogP contribution in [0.5, 0.6) is 5.75 Å². The van der Waals surface area contributed by atoms with Crippen LogP contribution in [0.3, 0.4) is 0 Å². The summed E-state index contributed by atoms with van der Waals surface area (Å²) in [4.78, 5) is 29.5. The van der Waals surface area contributed by atoms with Crippen molar-refractivity contribution in [1.82, 2.24) is 5.32 Å². The molecule has 0 spiro atoms. The molecule has 1 aliphatic heterocycles. The van der Waals surface area contributed by atoms with Crippen LogP contribution in [0, 0.1) is 0 Å². The molecule has 0 bridgehead atoms. The lowest BCUT2D eigenvalue weighted by Gasteiger charge is -2.22. The SMILES string of the molecule is CCN(CC)c1ccc(/C=C2/SC(NC(C)=O)=NC2=O)c(OC)c1. The van der Waals surface area contributed by atoms with E-state index in [4.69, 9.17) is 4.74 Å². The maximum atomic E-state index is 12.0. The molecule has 0 aromatic heterocycles. The predicted molar refractivity (Wildman–Crippen MR) is 98.4 cm³/mol. The fourth-order valence-electron chi connectivity index (χ4n) is 2.36. The number of methoxy groups -OCH3 is 1. The first-order valence-corrected chi connectivity index (χ1v) is 8.53. The molecule has 0 saturated carbocycles. The van der Waals surface area contributed by atoms with Gasteiger partial charge in [0.25, 0.3) is 5.91 Å². The molecule has 24 heavy (non-hydrogen) atoms. The maximum Gasteiger partial charge on any atom is 0.286 e. The first-order valence-electron chi connectivity index (χ1n) is 7.71. The minimum absolute atomic E-state index is 0.253. The van der Waals surface area contributed by atoms with Gasteiger partial charge < -0.3 is 15.0 Å². The van der Waals surface area contributed by atoms with Gasteiger partial charge in [-0.25, -0.2) is 0 Å². The molecule has 1 heterocycles. The van der Waals surface area contributed by atoms with Crippen LogP contribution in [0.1, 0.15) is 26.3 Å². The molecule has 0 radical (unpaired) electrons. The number of anilines is 1. The zero-order chi connectivity index (χ0) is 17.7. The molecule has 0 atom stereocenters. The van der Waals surface area contributed by atoms with Crippen molar-refractivity contribution in [3.05, 3.63) is 28.7 Å². The van der Waals surface area contributed by atoms with Gasteiger partial charge in [-0.15, -0.1) is 0 Å². The highest BCUT2D eigenvalue weighted by Crippen LogP contribution is 2.32. The van der Waals surface area contributed by atoms with Crippen LogP contribution in [0.25, 0.3) is 6.08 Å². The van der Waals surface area contributed by atoms with E-state index in [1.807, 2.05) is 18.2 Å². The largest absolute Gasteiger partial charge is 0.496 e. The van der Waals surface area contributed by atoms with E-state index < -0.39 is 0 Å². The molecule has 6 nitrogen and oxygen atoms in total. The number of carbonyl (C=O) groups excluding carboxylic acids is 2. The third-order valence-electron chi connectivity index (χ3n) is 3.54. The molecule has 128 valence electrons. The van der Waals surface area contributed by atoms with E-state index in [1.165, 1.54) is 6.92 Å². The van der Waals surface area contributed by atoms with Crippen LogP contribution in [0.15, 0.2) is 28.1 Å². The summed E-state index contributed by atoms with van der Waals surface area (Å²) in [6.07, 6.45) is 1.73. The van der Waals surface area contributed by atoms with Crippen molar-refractivity contribution in [2.45, 2.75) is 20.8 Å². The Bertz CT molecular complexity index is 709. The van der Waals surface area contributed by atoms with Crippen molar-refractivity contribution in [3.63, 3.8) is 0 Å². The van der Waals surface area contributed by atoms with E-state index in [0.29, 0.717) is 15.8 Å². The Morgan fingerprint density at radius 3 is 2.67 bits per heavy atom. The summed E-state index contributed by atoms with van der Waals surface area (Å²) in [5.41, 5.74) is 1.86. The van der Waals surface area contributed by atoms with Crippen molar-refractivity contribution in [1.29, 1.82) is 0 Å². The van der Waals surface area contributed by atoms with Crippen LogP contribution < -0.4 is 15.0 Å². The molecule has 2 amide bonds. The van der Waals surface area contributed by atoms with Gasteiger partial charge in [0, 0.05) is 37.3 Å². The molecule has 1 aromatic rings. The zero-order valence-electron chi connectivity index (χ0n) is 14.3. The zero-order valence-corrected chi connectivity index (χ0v) is 15.1. The Morgan fingerprint density at radius 1 is 1.38 bits per heavy atom. The van der Waals surface area contributed by atoms with Crippen LogP contribution >= 0.6 is 11.8 Å². The van der Waals surface area contributed by atoms with Gasteiger partial charge in [0.15, 0.2) is 5.17 Å². The quantitative estimate of drug-likeness (QED) is 0.829. The number of nitrogens with zero attached hydrogens (tertiary/aromatic N) is 2. The second kappa shape index (κ2) is 8.01. The molecular weight excluding hydrogens is 326 g/mol.